The SMILES string of the molecule is Cc1nn(CC(=O)Nc2cc(C(C)(C)C)on2)c(=O)c2ccccc12. The molecule has 7 nitrogen and oxygen atoms in total. The van der Waals surface area contributed by atoms with Crippen molar-refractivity contribution < 1.29 is 9.32 Å². The summed E-state index contributed by atoms with van der Waals surface area (Å²) in [7, 11) is 0. The van der Waals surface area contributed by atoms with E-state index >= 15 is 0 Å². The molecule has 0 atom stereocenters. The Morgan fingerprint density at radius 2 is 1.92 bits per heavy atom. The van der Waals surface area contributed by atoms with Crippen LogP contribution in [-0.2, 0) is 16.8 Å². The lowest BCUT2D eigenvalue weighted by Crippen LogP contribution is -2.30. The van der Waals surface area contributed by atoms with Crippen molar-refractivity contribution in [2.24, 2.45) is 0 Å². The maximum Gasteiger partial charge on any atom is 0.275 e. The van der Waals surface area contributed by atoms with Crippen molar-refractivity contribution in [1.82, 2.24) is 14.9 Å². The van der Waals surface area contributed by atoms with E-state index in [4.69, 9.17) is 4.52 Å². The van der Waals surface area contributed by atoms with E-state index in [2.05, 4.69) is 15.6 Å². The standard InChI is InChI=1S/C18H20N4O3/c1-11-12-7-5-6-8-13(12)17(24)22(20-11)10-16(23)19-15-9-14(25-21-15)18(2,3)4/h5-9H,10H2,1-4H3,(H,19,21,23). The summed E-state index contributed by atoms with van der Waals surface area (Å²) in [6, 6.07) is 8.89. The maximum atomic E-state index is 12.5. The van der Waals surface area contributed by atoms with Crippen LogP contribution in [0.5, 0.6) is 0 Å². The summed E-state index contributed by atoms with van der Waals surface area (Å²) in [5, 5.41) is 12.0. The minimum atomic E-state index is -0.391. The van der Waals surface area contributed by atoms with E-state index < -0.39 is 5.91 Å². The fourth-order valence-corrected chi connectivity index (χ4v) is 2.52. The number of nitrogens with zero attached hydrogens (tertiary/aromatic N) is 3. The predicted molar refractivity (Wildman–Crippen MR) is 94.6 cm³/mol. The summed E-state index contributed by atoms with van der Waals surface area (Å²) in [4.78, 5) is 24.7. The molecule has 0 saturated carbocycles. The average molecular weight is 340 g/mol. The van der Waals surface area contributed by atoms with Crippen molar-refractivity contribution in [1.29, 1.82) is 0 Å². The number of fused-ring (bicyclic) bond motifs is 1. The normalized spacial score (nSPS) is 11.7. The van der Waals surface area contributed by atoms with Crippen molar-refractivity contribution >= 4 is 22.5 Å². The number of anilines is 1. The van der Waals surface area contributed by atoms with Gasteiger partial charge in [0.2, 0.25) is 5.91 Å². The Morgan fingerprint density at radius 3 is 2.56 bits per heavy atom. The van der Waals surface area contributed by atoms with Gasteiger partial charge in [0.15, 0.2) is 5.82 Å². The molecular weight excluding hydrogens is 320 g/mol. The number of hydrogen-bond acceptors (Lipinski definition) is 5. The smallest absolute Gasteiger partial charge is 0.275 e. The number of hydrogen-bond donors (Lipinski definition) is 1. The molecule has 1 aromatic carbocycles. The van der Waals surface area contributed by atoms with Crippen LogP contribution in [0.1, 0.15) is 32.2 Å². The minimum Gasteiger partial charge on any atom is -0.359 e. The Kier molecular flexibility index (Phi) is 4.16. The highest BCUT2D eigenvalue weighted by atomic mass is 16.5. The highest BCUT2D eigenvalue weighted by Crippen LogP contribution is 2.24. The van der Waals surface area contributed by atoms with Crippen LogP contribution in [0.15, 0.2) is 39.6 Å². The zero-order chi connectivity index (χ0) is 18.2. The lowest BCUT2D eigenvalue weighted by atomic mass is 9.93. The number of carbonyl (C=O) groups excluding carboxylic acids is 1. The highest BCUT2D eigenvalue weighted by molar-refractivity contribution is 5.90. The summed E-state index contributed by atoms with van der Waals surface area (Å²) >= 11 is 0. The molecule has 3 rings (SSSR count). The van der Waals surface area contributed by atoms with Gasteiger partial charge in [0.05, 0.1) is 11.1 Å². The summed E-state index contributed by atoms with van der Waals surface area (Å²) in [5.74, 6) is 0.596. The van der Waals surface area contributed by atoms with E-state index in [9.17, 15) is 9.59 Å². The number of nitrogens with one attached hydrogen (secondary N) is 1. The third-order valence-electron chi connectivity index (χ3n) is 3.86. The number of aryl methyl sites for hydroxylation is 1. The van der Waals surface area contributed by atoms with Gasteiger partial charge in [-0.15, -0.1) is 0 Å². The summed E-state index contributed by atoms with van der Waals surface area (Å²) in [6.07, 6.45) is 0. The van der Waals surface area contributed by atoms with E-state index in [1.54, 1.807) is 18.2 Å². The lowest BCUT2D eigenvalue weighted by Gasteiger charge is -2.12. The molecule has 0 aliphatic carbocycles. The summed E-state index contributed by atoms with van der Waals surface area (Å²) < 4.78 is 6.40. The van der Waals surface area contributed by atoms with Gasteiger partial charge in [-0.05, 0) is 13.0 Å². The molecule has 0 aliphatic rings. The molecule has 3 aromatic rings. The molecule has 7 heteroatoms. The zero-order valence-corrected chi connectivity index (χ0v) is 14.7. The molecule has 130 valence electrons. The fraction of sp³-hybridized carbons (Fsp3) is 0.333. The monoisotopic (exact) mass is 340 g/mol. The van der Waals surface area contributed by atoms with Gasteiger partial charge in [0, 0.05) is 16.9 Å². The highest BCUT2D eigenvalue weighted by Gasteiger charge is 2.20. The number of amides is 1. The van der Waals surface area contributed by atoms with E-state index in [1.807, 2.05) is 39.8 Å². The van der Waals surface area contributed by atoms with Crippen LogP contribution in [0, 0.1) is 6.92 Å². The molecule has 0 fully saturated rings. The Morgan fingerprint density at radius 1 is 1.24 bits per heavy atom. The van der Waals surface area contributed by atoms with Gasteiger partial charge >= 0.3 is 0 Å². The van der Waals surface area contributed by atoms with Crippen molar-refractivity contribution in [2.75, 3.05) is 5.32 Å². The third kappa shape index (κ3) is 3.45. The van der Waals surface area contributed by atoms with Crippen LogP contribution in [0.25, 0.3) is 10.8 Å². The topological polar surface area (TPSA) is 90.0 Å². The first-order chi connectivity index (χ1) is 11.8. The van der Waals surface area contributed by atoms with Crippen LogP contribution in [0.4, 0.5) is 5.82 Å². The Hall–Kier alpha value is -2.96. The van der Waals surface area contributed by atoms with Crippen molar-refractivity contribution in [3.8, 4) is 0 Å². The fourth-order valence-electron chi connectivity index (χ4n) is 2.52. The van der Waals surface area contributed by atoms with Crippen LogP contribution < -0.4 is 10.9 Å². The third-order valence-corrected chi connectivity index (χ3v) is 3.86. The molecule has 2 heterocycles. The van der Waals surface area contributed by atoms with Gasteiger partial charge in [0.1, 0.15) is 12.3 Å². The van der Waals surface area contributed by atoms with E-state index in [1.165, 1.54) is 0 Å². The van der Waals surface area contributed by atoms with Gasteiger partial charge in [0.25, 0.3) is 5.56 Å². The largest absolute Gasteiger partial charge is 0.359 e. The molecular formula is C18H20N4O3. The first-order valence-electron chi connectivity index (χ1n) is 7.99. The van der Waals surface area contributed by atoms with Crippen LogP contribution in [0.2, 0.25) is 0 Å². The molecule has 1 amide bonds. The van der Waals surface area contributed by atoms with Gasteiger partial charge in [-0.1, -0.05) is 44.1 Å². The van der Waals surface area contributed by atoms with Gasteiger partial charge in [-0.2, -0.15) is 5.10 Å². The Balaban J connectivity index is 1.82. The van der Waals surface area contributed by atoms with Gasteiger partial charge < -0.3 is 9.84 Å². The second-order valence-corrected chi connectivity index (χ2v) is 6.97. The molecule has 2 aromatic heterocycles. The van der Waals surface area contributed by atoms with E-state index in [-0.39, 0.29) is 17.5 Å². The number of benzene rings is 1. The number of carbonyl (C=O) groups is 1. The Bertz CT molecular complexity index is 995. The molecule has 0 saturated heterocycles. The van der Waals surface area contributed by atoms with Crippen molar-refractivity contribution in [2.45, 2.75) is 39.7 Å². The van der Waals surface area contributed by atoms with Crippen LogP contribution >= 0.6 is 0 Å². The number of rotatable bonds is 3. The summed E-state index contributed by atoms with van der Waals surface area (Å²) in [6.45, 7) is 7.58. The van der Waals surface area contributed by atoms with Crippen molar-refractivity contribution in [3.63, 3.8) is 0 Å². The second kappa shape index (κ2) is 6.16. The van der Waals surface area contributed by atoms with Crippen molar-refractivity contribution in [3.05, 3.63) is 52.1 Å². The molecule has 25 heavy (non-hydrogen) atoms. The maximum absolute atomic E-state index is 12.5. The quantitative estimate of drug-likeness (QED) is 0.791. The molecule has 1 N–H and O–H groups in total. The molecule has 0 spiro atoms. The lowest BCUT2D eigenvalue weighted by molar-refractivity contribution is -0.117. The number of aromatic nitrogens is 3. The Labute approximate surface area is 144 Å². The molecule has 0 unspecified atom stereocenters. The first kappa shape index (κ1) is 16.9. The minimum absolute atomic E-state index is 0.192. The van der Waals surface area contributed by atoms with Crippen LogP contribution in [0.3, 0.4) is 0 Å². The molecule has 0 aliphatic heterocycles. The average Bonchev–Trinajstić information content (AvgIpc) is 3.01. The summed E-state index contributed by atoms with van der Waals surface area (Å²) in [5.41, 5.74) is 0.190. The molecule has 0 bridgehead atoms. The molecule has 0 radical (unpaired) electrons. The zero-order valence-electron chi connectivity index (χ0n) is 14.7. The predicted octanol–water partition coefficient (Wildman–Crippen LogP) is 2.63. The first-order valence-corrected chi connectivity index (χ1v) is 7.99. The second-order valence-electron chi connectivity index (χ2n) is 6.97. The van der Waals surface area contributed by atoms with Crippen LogP contribution in [-0.4, -0.2) is 20.8 Å². The van der Waals surface area contributed by atoms with E-state index in [0.717, 1.165) is 10.1 Å². The van der Waals surface area contributed by atoms with Gasteiger partial charge in [-0.3, -0.25) is 9.59 Å². The van der Waals surface area contributed by atoms with E-state index in [0.29, 0.717) is 22.7 Å². The van der Waals surface area contributed by atoms with Gasteiger partial charge in [-0.25, -0.2) is 4.68 Å².